The van der Waals surface area contributed by atoms with Crippen LogP contribution < -0.4 is 5.32 Å². The summed E-state index contributed by atoms with van der Waals surface area (Å²) in [5.74, 6) is 0. The summed E-state index contributed by atoms with van der Waals surface area (Å²) in [6.07, 6.45) is 5.01. The normalized spacial score (nSPS) is 16.2. The van der Waals surface area contributed by atoms with Crippen molar-refractivity contribution in [2.75, 3.05) is 11.9 Å². The first-order chi connectivity index (χ1) is 8.92. The van der Waals surface area contributed by atoms with Gasteiger partial charge < -0.3 is 5.32 Å². The molecule has 1 heterocycles. The van der Waals surface area contributed by atoms with Crippen LogP contribution >= 0.6 is 0 Å². The van der Waals surface area contributed by atoms with Crippen LogP contribution in [0.1, 0.15) is 23.1 Å². The van der Waals surface area contributed by atoms with Crippen LogP contribution in [-0.2, 0) is 19.3 Å². The van der Waals surface area contributed by atoms with E-state index in [1.54, 1.807) is 11.1 Å². The molecule has 1 heteroatoms. The summed E-state index contributed by atoms with van der Waals surface area (Å²) in [4.78, 5) is 0. The van der Waals surface area contributed by atoms with Crippen molar-refractivity contribution in [1.29, 1.82) is 0 Å². The van der Waals surface area contributed by atoms with Gasteiger partial charge in [-0.15, -0.1) is 0 Å². The fourth-order valence-corrected chi connectivity index (χ4v) is 3.35. The second kappa shape index (κ2) is 3.88. The molecule has 0 saturated carbocycles. The van der Waals surface area contributed by atoms with E-state index in [1.807, 2.05) is 0 Å². The van der Waals surface area contributed by atoms with E-state index in [9.17, 15) is 0 Å². The number of aryl methyl sites for hydroxylation is 2. The van der Waals surface area contributed by atoms with Gasteiger partial charge in [-0.05, 0) is 59.6 Å². The molecule has 2 aromatic rings. The highest BCUT2D eigenvalue weighted by atomic mass is 14.9. The van der Waals surface area contributed by atoms with Crippen LogP contribution in [0.3, 0.4) is 0 Å². The molecular weight excluding hydrogens is 218 g/mol. The zero-order valence-electron chi connectivity index (χ0n) is 10.5. The Hall–Kier alpha value is -1.76. The molecule has 0 atom stereocenters. The summed E-state index contributed by atoms with van der Waals surface area (Å²) in [5, 5.41) is 3.46. The molecule has 1 N–H and O–H groups in total. The van der Waals surface area contributed by atoms with Gasteiger partial charge in [0.1, 0.15) is 0 Å². The first-order valence-corrected chi connectivity index (χ1v) is 6.90. The van der Waals surface area contributed by atoms with E-state index in [1.165, 1.54) is 41.6 Å². The Balaban J connectivity index is 1.86. The molecule has 0 saturated heterocycles. The summed E-state index contributed by atoms with van der Waals surface area (Å²) in [6.45, 7) is 1.08. The molecule has 0 bridgehead atoms. The lowest BCUT2D eigenvalue weighted by molar-refractivity contribution is 0.912. The van der Waals surface area contributed by atoms with Crippen LogP contribution in [-0.4, -0.2) is 6.54 Å². The Bertz CT molecular complexity index is 613. The molecule has 2 aliphatic rings. The highest BCUT2D eigenvalue weighted by Crippen LogP contribution is 2.35. The minimum Gasteiger partial charge on any atom is -0.384 e. The van der Waals surface area contributed by atoms with Gasteiger partial charge >= 0.3 is 0 Å². The third-order valence-corrected chi connectivity index (χ3v) is 4.28. The number of nitrogens with one attached hydrogen (secondary N) is 1. The van der Waals surface area contributed by atoms with Crippen LogP contribution in [0.5, 0.6) is 0 Å². The van der Waals surface area contributed by atoms with Gasteiger partial charge in [-0.1, -0.05) is 30.3 Å². The van der Waals surface area contributed by atoms with Gasteiger partial charge in [0.2, 0.25) is 0 Å². The average Bonchev–Trinajstić information content (AvgIpc) is 3.05. The topological polar surface area (TPSA) is 12.0 Å². The molecule has 0 spiro atoms. The van der Waals surface area contributed by atoms with E-state index in [0.717, 1.165) is 13.0 Å². The highest BCUT2D eigenvalue weighted by molar-refractivity contribution is 5.76. The molecule has 90 valence electrons. The Labute approximate surface area is 108 Å². The van der Waals surface area contributed by atoms with Gasteiger partial charge in [-0.2, -0.15) is 0 Å². The Morgan fingerprint density at radius 3 is 2.83 bits per heavy atom. The second-order valence-corrected chi connectivity index (χ2v) is 5.35. The molecule has 1 nitrogen and oxygen atoms in total. The Kier molecular flexibility index (Phi) is 2.19. The van der Waals surface area contributed by atoms with Crippen LogP contribution in [0, 0.1) is 0 Å². The fraction of sp³-hybridized carbons (Fsp3) is 0.294. The predicted octanol–water partition coefficient (Wildman–Crippen LogP) is 3.81. The zero-order valence-corrected chi connectivity index (χ0v) is 10.5. The van der Waals surface area contributed by atoms with E-state index in [0.29, 0.717) is 0 Å². The smallest absolute Gasteiger partial charge is 0.0379 e. The van der Waals surface area contributed by atoms with Crippen LogP contribution in [0.25, 0.3) is 11.1 Å². The molecular formula is C17H17N. The van der Waals surface area contributed by atoms with Crippen molar-refractivity contribution >= 4 is 5.69 Å². The van der Waals surface area contributed by atoms with E-state index in [2.05, 4.69) is 41.7 Å². The van der Waals surface area contributed by atoms with Crippen LogP contribution in [0.4, 0.5) is 5.69 Å². The lowest BCUT2D eigenvalue weighted by atomic mass is 9.95. The number of anilines is 1. The van der Waals surface area contributed by atoms with E-state index in [-0.39, 0.29) is 0 Å². The molecule has 2 aromatic carbocycles. The maximum atomic E-state index is 3.46. The number of rotatable bonds is 1. The van der Waals surface area contributed by atoms with Crippen LogP contribution in [0.15, 0.2) is 36.4 Å². The minimum atomic E-state index is 1.08. The number of hydrogen-bond acceptors (Lipinski definition) is 1. The van der Waals surface area contributed by atoms with E-state index in [4.69, 9.17) is 0 Å². The molecule has 1 aliphatic heterocycles. The van der Waals surface area contributed by atoms with E-state index >= 15 is 0 Å². The quantitative estimate of drug-likeness (QED) is 0.792. The molecule has 0 aromatic heterocycles. The van der Waals surface area contributed by atoms with Gasteiger partial charge in [-0.25, -0.2) is 0 Å². The number of benzene rings is 2. The molecule has 0 unspecified atom stereocenters. The predicted molar refractivity (Wildman–Crippen MR) is 76.1 cm³/mol. The minimum absolute atomic E-state index is 1.08. The third kappa shape index (κ3) is 1.47. The zero-order chi connectivity index (χ0) is 11.9. The van der Waals surface area contributed by atoms with Gasteiger partial charge in [0.05, 0.1) is 0 Å². The lowest BCUT2D eigenvalue weighted by Gasteiger charge is -2.10. The molecule has 1 aliphatic carbocycles. The van der Waals surface area contributed by atoms with Gasteiger partial charge in [0, 0.05) is 12.2 Å². The standard InChI is InChI=1S/C17H17N/c1-3-12-7-8-14(11-13(12)4-1)15-5-2-6-17-16(15)9-10-18-17/h2,5-8,11,18H,1,3-4,9-10H2. The molecule has 4 rings (SSSR count). The van der Waals surface area contributed by atoms with Crippen molar-refractivity contribution in [3.05, 3.63) is 53.1 Å². The van der Waals surface area contributed by atoms with Crippen molar-refractivity contribution in [3.63, 3.8) is 0 Å². The monoisotopic (exact) mass is 235 g/mol. The van der Waals surface area contributed by atoms with E-state index < -0.39 is 0 Å². The summed E-state index contributed by atoms with van der Waals surface area (Å²) in [5.41, 5.74) is 8.77. The van der Waals surface area contributed by atoms with Crippen LogP contribution in [0.2, 0.25) is 0 Å². The summed E-state index contributed by atoms with van der Waals surface area (Å²) in [7, 11) is 0. The van der Waals surface area contributed by atoms with Crippen molar-refractivity contribution in [2.24, 2.45) is 0 Å². The first kappa shape index (κ1) is 10.2. The summed E-state index contributed by atoms with van der Waals surface area (Å²) in [6, 6.07) is 13.7. The highest BCUT2D eigenvalue weighted by Gasteiger charge is 2.16. The largest absolute Gasteiger partial charge is 0.384 e. The first-order valence-electron chi connectivity index (χ1n) is 6.90. The van der Waals surface area contributed by atoms with Crippen molar-refractivity contribution < 1.29 is 0 Å². The third-order valence-electron chi connectivity index (χ3n) is 4.28. The summed E-state index contributed by atoms with van der Waals surface area (Å²) < 4.78 is 0. The fourth-order valence-electron chi connectivity index (χ4n) is 3.35. The van der Waals surface area contributed by atoms with Gasteiger partial charge in [0.25, 0.3) is 0 Å². The SMILES string of the molecule is c1cc2c(c(-c3ccc4c(c3)CCC4)c1)CCN2. The summed E-state index contributed by atoms with van der Waals surface area (Å²) >= 11 is 0. The Morgan fingerprint density at radius 1 is 0.889 bits per heavy atom. The average molecular weight is 235 g/mol. The molecule has 0 fully saturated rings. The van der Waals surface area contributed by atoms with Crippen molar-refractivity contribution in [3.8, 4) is 11.1 Å². The maximum absolute atomic E-state index is 3.46. The maximum Gasteiger partial charge on any atom is 0.0379 e. The van der Waals surface area contributed by atoms with Crippen molar-refractivity contribution in [1.82, 2.24) is 0 Å². The molecule has 0 amide bonds. The molecule has 18 heavy (non-hydrogen) atoms. The van der Waals surface area contributed by atoms with Gasteiger partial charge in [-0.3, -0.25) is 0 Å². The van der Waals surface area contributed by atoms with Gasteiger partial charge in [0.15, 0.2) is 0 Å². The van der Waals surface area contributed by atoms with Crippen molar-refractivity contribution in [2.45, 2.75) is 25.7 Å². The Morgan fingerprint density at radius 2 is 1.83 bits per heavy atom. The molecule has 0 radical (unpaired) electrons. The number of hydrogen-bond donors (Lipinski definition) is 1. The number of fused-ring (bicyclic) bond motifs is 2. The lowest BCUT2D eigenvalue weighted by Crippen LogP contribution is -1.90. The second-order valence-electron chi connectivity index (χ2n) is 5.35.